The van der Waals surface area contributed by atoms with Crippen molar-refractivity contribution in [3.63, 3.8) is 0 Å². The van der Waals surface area contributed by atoms with Crippen molar-refractivity contribution in [1.29, 1.82) is 0 Å². The van der Waals surface area contributed by atoms with Gasteiger partial charge < -0.3 is 10.3 Å². The van der Waals surface area contributed by atoms with Crippen LogP contribution in [0.2, 0.25) is 0 Å². The van der Waals surface area contributed by atoms with Crippen molar-refractivity contribution in [1.82, 2.24) is 19.4 Å². The highest BCUT2D eigenvalue weighted by atomic mass is 16.1. The number of pyridine rings is 1. The molecule has 1 atom stereocenters. The molecule has 3 heterocycles. The third-order valence-electron chi connectivity index (χ3n) is 5.32. The van der Waals surface area contributed by atoms with Crippen molar-refractivity contribution >= 4 is 5.91 Å². The topological polar surface area (TPSA) is 77.0 Å². The van der Waals surface area contributed by atoms with Gasteiger partial charge in [0.2, 0.25) is 5.91 Å². The molecule has 1 amide bonds. The fraction of sp³-hybridized carbons (Fsp3) is 0.526. The molecule has 25 heavy (non-hydrogen) atoms. The van der Waals surface area contributed by atoms with Crippen molar-refractivity contribution < 1.29 is 4.79 Å². The van der Waals surface area contributed by atoms with E-state index in [1.54, 1.807) is 6.20 Å². The number of hydrogen-bond donors (Lipinski definition) is 1. The maximum Gasteiger partial charge on any atom is 0.224 e. The van der Waals surface area contributed by atoms with E-state index in [9.17, 15) is 4.79 Å². The van der Waals surface area contributed by atoms with E-state index in [-0.39, 0.29) is 5.91 Å². The lowest BCUT2D eigenvalue weighted by atomic mass is 9.75. The maximum atomic E-state index is 12.3. The Morgan fingerprint density at radius 2 is 2.24 bits per heavy atom. The zero-order valence-corrected chi connectivity index (χ0v) is 14.9. The van der Waals surface area contributed by atoms with E-state index in [2.05, 4.69) is 20.9 Å². The van der Waals surface area contributed by atoms with Gasteiger partial charge in [-0.25, -0.2) is 4.98 Å². The van der Waals surface area contributed by atoms with Gasteiger partial charge in [0.1, 0.15) is 0 Å². The van der Waals surface area contributed by atoms with Crippen molar-refractivity contribution in [2.24, 2.45) is 18.2 Å². The molecule has 2 N–H and O–H groups in total. The van der Waals surface area contributed by atoms with Crippen LogP contribution in [0.3, 0.4) is 0 Å². The molecule has 1 fully saturated rings. The number of amides is 1. The minimum atomic E-state index is -0.418. The zero-order valence-electron chi connectivity index (χ0n) is 14.9. The summed E-state index contributed by atoms with van der Waals surface area (Å²) in [6.07, 6.45) is 12.0. The number of rotatable bonds is 7. The number of likely N-dealkylation sites (tertiary alicyclic amines) is 1. The first kappa shape index (κ1) is 17.6. The van der Waals surface area contributed by atoms with Gasteiger partial charge in [0.15, 0.2) is 0 Å². The van der Waals surface area contributed by atoms with Crippen molar-refractivity contribution in [3.8, 4) is 0 Å². The van der Waals surface area contributed by atoms with Crippen LogP contribution in [0.15, 0.2) is 37.1 Å². The van der Waals surface area contributed by atoms with Crippen LogP contribution in [0.5, 0.6) is 0 Å². The van der Waals surface area contributed by atoms with Gasteiger partial charge in [0, 0.05) is 38.7 Å². The third-order valence-corrected chi connectivity index (χ3v) is 5.32. The van der Waals surface area contributed by atoms with Gasteiger partial charge >= 0.3 is 0 Å². The van der Waals surface area contributed by atoms with Crippen LogP contribution < -0.4 is 5.73 Å². The number of carbonyl (C=O) groups is 1. The third kappa shape index (κ3) is 4.25. The largest absolute Gasteiger partial charge is 0.369 e. The number of imidazole rings is 1. The van der Waals surface area contributed by atoms with Gasteiger partial charge in [0.25, 0.3) is 0 Å². The Hall–Kier alpha value is -2.21. The standard InChI is InChI=1S/C19H27N5O/c1-23-15-22-12-17(23)13-24-10-4-8-19(14-24,18(20)25)7-2-5-16-6-3-9-21-11-16/h3,6,9,11-12,15H,2,4-5,7-8,10,13-14H2,1H3,(H2,20,25). The first-order valence-corrected chi connectivity index (χ1v) is 8.95. The van der Waals surface area contributed by atoms with Gasteiger partial charge in [-0.05, 0) is 50.3 Å². The predicted molar refractivity (Wildman–Crippen MR) is 96.5 cm³/mol. The first-order valence-electron chi connectivity index (χ1n) is 8.95. The molecule has 2 aromatic rings. The second-order valence-corrected chi connectivity index (χ2v) is 7.17. The molecule has 3 rings (SSSR count). The van der Waals surface area contributed by atoms with Gasteiger partial charge in [-0.2, -0.15) is 0 Å². The number of aryl methyl sites for hydroxylation is 2. The van der Waals surface area contributed by atoms with Gasteiger partial charge in [0.05, 0.1) is 17.4 Å². The highest BCUT2D eigenvalue weighted by Crippen LogP contribution is 2.35. The predicted octanol–water partition coefficient (Wildman–Crippen LogP) is 1.91. The number of carbonyl (C=O) groups excluding carboxylic acids is 1. The number of piperidine rings is 1. The Bertz CT molecular complexity index is 699. The second kappa shape index (κ2) is 7.78. The Labute approximate surface area is 149 Å². The van der Waals surface area contributed by atoms with Crippen LogP contribution in [0.25, 0.3) is 0 Å². The molecular weight excluding hydrogens is 314 g/mol. The molecule has 1 saturated heterocycles. The van der Waals surface area contributed by atoms with Crippen LogP contribution >= 0.6 is 0 Å². The van der Waals surface area contributed by atoms with Crippen molar-refractivity contribution in [3.05, 3.63) is 48.3 Å². The number of nitrogens with two attached hydrogens (primary N) is 1. The van der Waals surface area contributed by atoms with Crippen LogP contribution in [0.1, 0.15) is 36.9 Å². The lowest BCUT2D eigenvalue weighted by molar-refractivity contribution is -0.131. The molecule has 1 aliphatic rings. The Kier molecular flexibility index (Phi) is 5.48. The summed E-state index contributed by atoms with van der Waals surface area (Å²) in [5.74, 6) is -0.159. The van der Waals surface area contributed by atoms with Crippen LogP contribution in [0.4, 0.5) is 0 Å². The molecule has 0 spiro atoms. The van der Waals surface area contributed by atoms with Gasteiger partial charge in [-0.3, -0.25) is 14.7 Å². The summed E-state index contributed by atoms with van der Waals surface area (Å²) in [6.45, 7) is 2.55. The lowest BCUT2D eigenvalue weighted by Gasteiger charge is -2.41. The molecule has 6 heteroatoms. The molecule has 0 aliphatic carbocycles. The molecule has 1 unspecified atom stereocenters. The summed E-state index contributed by atoms with van der Waals surface area (Å²) >= 11 is 0. The molecule has 0 saturated carbocycles. The SMILES string of the molecule is Cn1cncc1CN1CCCC(CCCc2cccnc2)(C(N)=O)C1. The number of nitrogens with zero attached hydrogens (tertiary/aromatic N) is 4. The number of primary amides is 1. The summed E-state index contributed by atoms with van der Waals surface area (Å²) in [5.41, 5.74) is 7.81. The Morgan fingerprint density at radius 3 is 2.92 bits per heavy atom. The van der Waals surface area contributed by atoms with Crippen molar-refractivity contribution in [2.75, 3.05) is 13.1 Å². The lowest BCUT2D eigenvalue weighted by Crippen LogP contribution is -2.50. The van der Waals surface area contributed by atoms with Crippen LogP contribution in [0, 0.1) is 5.41 Å². The molecular formula is C19H27N5O. The summed E-state index contributed by atoms with van der Waals surface area (Å²) < 4.78 is 2.03. The van der Waals surface area contributed by atoms with E-state index in [1.807, 2.05) is 36.4 Å². The maximum absolute atomic E-state index is 12.3. The van der Waals surface area contributed by atoms with Crippen LogP contribution in [-0.2, 0) is 24.8 Å². The monoisotopic (exact) mass is 341 g/mol. The van der Waals surface area contributed by atoms with E-state index in [0.29, 0.717) is 0 Å². The molecule has 0 radical (unpaired) electrons. The van der Waals surface area contributed by atoms with E-state index in [4.69, 9.17) is 5.73 Å². The van der Waals surface area contributed by atoms with Gasteiger partial charge in [-0.1, -0.05) is 6.07 Å². The number of hydrogen-bond acceptors (Lipinski definition) is 4. The fourth-order valence-corrected chi connectivity index (χ4v) is 3.83. The molecule has 1 aliphatic heterocycles. The van der Waals surface area contributed by atoms with E-state index in [0.717, 1.165) is 57.4 Å². The summed E-state index contributed by atoms with van der Waals surface area (Å²) in [7, 11) is 2.00. The van der Waals surface area contributed by atoms with Crippen molar-refractivity contribution in [2.45, 2.75) is 38.6 Å². The van der Waals surface area contributed by atoms with E-state index in [1.165, 1.54) is 5.56 Å². The highest BCUT2D eigenvalue weighted by molar-refractivity contribution is 5.81. The van der Waals surface area contributed by atoms with E-state index < -0.39 is 5.41 Å². The average Bonchev–Trinajstić information content (AvgIpc) is 3.01. The molecule has 0 bridgehead atoms. The second-order valence-electron chi connectivity index (χ2n) is 7.17. The first-order chi connectivity index (χ1) is 12.1. The van der Waals surface area contributed by atoms with Gasteiger partial charge in [-0.15, -0.1) is 0 Å². The fourth-order valence-electron chi connectivity index (χ4n) is 3.83. The highest BCUT2D eigenvalue weighted by Gasteiger charge is 2.40. The average molecular weight is 341 g/mol. The molecule has 0 aromatic carbocycles. The Morgan fingerprint density at radius 1 is 1.36 bits per heavy atom. The van der Waals surface area contributed by atoms with Crippen LogP contribution in [-0.4, -0.2) is 38.4 Å². The summed E-state index contributed by atoms with van der Waals surface area (Å²) in [4.78, 5) is 23.0. The minimum absolute atomic E-state index is 0.159. The van der Waals surface area contributed by atoms with E-state index >= 15 is 0 Å². The molecule has 134 valence electrons. The number of aromatic nitrogens is 3. The Balaban J connectivity index is 1.62. The molecule has 6 nitrogen and oxygen atoms in total. The normalized spacial score (nSPS) is 21.3. The summed E-state index contributed by atoms with van der Waals surface area (Å²) in [6, 6.07) is 4.04. The smallest absolute Gasteiger partial charge is 0.224 e. The summed E-state index contributed by atoms with van der Waals surface area (Å²) in [5, 5.41) is 0. The minimum Gasteiger partial charge on any atom is -0.369 e. The molecule has 2 aromatic heterocycles. The zero-order chi connectivity index (χ0) is 17.7. The quantitative estimate of drug-likeness (QED) is 0.834.